The zero-order valence-electron chi connectivity index (χ0n) is 17.9. The molecule has 1 fully saturated rings. The van der Waals surface area contributed by atoms with Crippen LogP contribution in [0.25, 0.3) is 10.9 Å². The van der Waals surface area contributed by atoms with Crippen LogP contribution in [0.4, 0.5) is 5.82 Å². The largest absolute Gasteiger partial charge is 0.361 e. The first-order chi connectivity index (χ1) is 15.6. The van der Waals surface area contributed by atoms with Crippen molar-refractivity contribution in [2.45, 2.75) is 38.9 Å². The summed E-state index contributed by atoms with van der Waals surface area (Å²) < 4.78 is 1.81. The number of likely N-dealkylation sites (tertiary alicyclic amines) is 1. The Balaban J connectivity index is 1.28. The molecule has 0 bridgehead atoms. The average molecular weight is 428 g/mol. The number of aromatic amines is 1. The Labute approximate surface area is 186 Å². The van der Waals surface area contributed by atoms with Crippen molar-refractivity contribution in [1.82, 2.24) is 19.7 Å². The molecule has 0 spiro atoms. The van der Waals surface area contributed by atoms with Crippen LogP contribution < -0.4 is 5.32 Å². The molecule has 2 aromatic heterocycles. The molecule has 3 heterocycles. The van der Waals surface area contributed by atoms with Gasteiger partial charge in [-0.2, -0.15) is 5.10 Å². The number of benzene rings is 2. The third kappa shape index (κ3) is 3.89. The second-order valence-corrected chi connectivity index (χ2v) is 8.25. The topological polar surface area (TPSA) is 83.0 Å². The van der Waals surface area contributed by atoms with E-state index in [1.54, 1.807) is 11.0 Å². The second kappa shape index (κ2) is 8.34. The molecule has 0 radical (unpaired) electrons. The minimum atomic E-state index is -0.502. The number of aromatic nitrogens is 3. The zero-order chi connectivity index (χ0) is 22.1. The average Bonchev–Trinajstić information content (AvgIpc) is 3.50. The fourth-order valence-corrected chi connectivity index (χ4v) is 4.34. The molecular formula is C25H25N5O2. The van der Waals surface area contributed by atoms with Crippen LogP contribution in [-0.2, 0) is 22.7 Å². The number of anilines is 1. The maximum Gasteiger partial charge on any atom is 0.248 e. The van der Waals surface area contributed by atoms with Gasteiger partial charge >= 0.3 is 0 Å². The maximum atomic E-state index is 13.0. The summed E-state index contributed by atoms with van der Waals surface area (Å²) in [7, 11) is 0. The highest BCUT2D eigenvalue weighted by molar-refractivity contribution is 5.98. The van der Waals surface area contributed by atoms with Crippen molar-refractivity contribution < 1.29 is 9.59 Å². The summed E-state index contributed by atoms with van der Waals surface area (Å²) in [6.07, 6.45) is 4.66. The van der Waals surface area contributed by atoms with E-state index in [9.17, 15) is 9.59 Å². The fourth-order valence-electron chi connectivity index (χ4n) is 4.34. The van der Waals surface area contributed by atoms with Gasteiger partial charge < -0.3 is 15.2 Å². The van der Waals surface area contributed by atoms with Crippen LogP contribution in [0.5, 0.6) is 0 Å². The highest BCUT2D eigenvalue weighted by Gasteiger charge is 2.36. The summed E-state index contributed by atoms with van der Waals surface area (Å²) in [4.78, 5) is 30.5. The van der Waals surface area contributed by atoms with Crippen LogP contribution >= 0.6 is 0 Å². The number of carbonyl (C=O) groups is 2. The lowest BCUT2D eigenvalue weighted by molar-refractivity contribution is -0.133. The molecule has 5 rings (SSSR count). The first-order valence-corrected chi connectivity index (χ1v) is 10.8. The van der Waals surface area contributed by atoms with Crippen LogP contribution in [0.2, 0.25) is 0 Å². The number of nitrogens with one attached hydrogen (secondary N) is 2. The number of amides is 2. The second-order valence-electron chi connectivity index (χ2n) is 8.25. The zero-order valence-corrected chi connectivity index (χ0v) is 17.9. The molecule has 0 saturated carbocycles. The van der Waals surface area contributed by atoms with Gasteiger partial charge in [0, 0.05) is 42.3 Å². The van der Waals surface area contributed by atoms with E-state index in [0.717, 1.165) is 16.5 Å². The van der Waals surface area contributed by atoms with Gasteiger partial charge in [-0.3, -0.25) is 14.3 Å². The van der Waals surface area contributed by atoms with E-state index in [0.29, 0.717) is 31.7 Å². The van der Waals surface area contributed by atoms with Crippen molar-refractivity contribution in [3.8, 4) is 0 Å². The van der Waals surface area contributed by atoms with Crippen molar-refractivity contribution in [3.63, 3.8) is 0 Å². The van der Waals surface area contributed by atoms with E-state index in [1.807, 2.05) is 53.5 Å². The predicted octanol–water partition coefficient (Wildman–Crippen LogP) is 3.85. The van der Waals surface area contributed by atoms with E-state index in [4.69, 9.17) is 0 Å². The molecule has 4 aromatic rings. The number of aryl methyl sites for hydroxylation is 1. The lowest BCUT2D eigenvalue weighted by Crippen LogP contribution is -2.41. The Morgan fingerprint density at radius 1 is 1.09 bits per heavy atom. The van der Waals surface area contributed by atoms with Crippen LogP contribution in [0.1, 0.15) is 29.5 Å². The number of nitrogens with zero attached hydrogens (tertiary/aromatic N) is 3. The minimum Gasteiger partial charge on any atom is -0.361 e. The summed E-state index contributed by atoms with van der Waals surface area (Å²) in [5.41, 5.74) is 4.41. The number of fused-ring (bicyclic) bond motifs is 1. The highest BCUT2D eigenvalue weighted by atomic mass is 16.2. The normalized spacial score (nSPS) is 16.1. The number of carbonyl (C=O) groups excluding carboxylic acids is 2. The molecule has 1 saturated heterocycles. The molecule has 1 aliphatic rings. The smallest absolute Gasteiger partial charge is 0.248 e. The summed E-state index contributed by atoms with van der Waals surface area (Å²) >= 11 is 0. The third-order valence-electron chi connectivity index (χ3n) is 6.13. The van der Waals surface area contributed by atoms with E-state index in [-0.39, 0.29) is 11.8 Å². The summed E-state index contributed by atoms with van der Waals surface area (Å²) in [5, 5.41) is 8.47. The van der Waals surface area contributed by atoms with Gasteiger partial charge in [-0.1, -0.05) is 42.5 Å². The van der Waals surface area contributed by atoms with Gasteiger partial charge in [0.05, 0.1) is 6.54 Å². The highest BCUT2D eigenvalue weighted by Crippen LogP contribution is 2.26. The monoisotopic (exact) mass is 427 g/mol. The molecule has 0 aliphatic carbocycles. The Morgan fingerprint density at radius 3 is 2.78 bits per heavy atom. The number of H-pyrrole nitrogens is 1. The molecule has 7 nitrogen and oxygen atoms in total. The lowest BCUT2D eigenvalue weighted by Gasteiger charge is -2.23. The molecule has 1 unspecified atom stereocenters. The van der Waals surface area contributed by atoms with Crippen molar-refractivity contribution in [2.75, 3.05) is 5.32 Å². The Morgan fingerprint density at radius 2 is 1.91 bits per heavy atom. The SMILES string of the molecule is Cc1ccccc1Cn1ccc(NC(=O)C2CCC(=O)N2Cc2c[nH]c3ccccc23)n1. The summed E-state index contributed by atoms with van der Waals surface area (Å²) in [6, 6.07) is 17.4. The maximum absolute atomic E-state index is 13.0. The molecular weight excluding hydrogens is 402 g/mol. The molecule has 162 valence electrons. The molecule has 32 heavy (non-hydrogen) atoms. The van der Waals surface area contributed by atoms with Gasteiger partial charge in [-0.15, -0.1) is 0 Å². The summed E-state index contributed by atoms with van der Waals surface area (Å²) in [6.45, 7) is 3.11. The van der Waals surface area contributed by atoms with E-state index in [1.165, 1.54) is 11.1 Å². The quantitative estimate of drug-likeness (QED) is 0.490. The van der Waals surface area contributed by atoms with Crippen LogP contribution in [0, 0.1) is 6.92 Å². The molecule has 2 N–H and O–H groups in total. The number of rotatable bonds is 6. The van der Waals surface area contributed by atoms with Crippen LogP contribution in [0.3, 0.4) is 0 Å². The van der Waals surface area contributed by atoms with Crippen molar-refractivity contribution in [2.24, 2.45) is 0 Å². The first kappa shape index (κ1) is 20.1. The van der Waals surface area contributed by atoms with Crippen molar-refractivity contribution in [1.29, 1.82) is 0 Å². The Hall–Kier alpha value is -3.87. The van der Waals surface area contributed by atoms with Gasteiger partial charge in [-0.25, -0.2) is 0 Å². The Kier molecular flexibility index (Phi) is 5.23. The molecule has 7 heteroatoms. The molecule has 2 amide bonds. The molecule has 1 aliphatic heterocycles. The molecule has 1 atom stereocenters. The van der Waals surface area contributed by atoms with E-state index < -0.39 is 6.04 Å². The standard InChI is InChI=1S/C25H25N5O2/c1-17-6-2-3-7-18(17)15-29-13-12-23(28-29)27-25(32)22-10-11-24(31)30(22)16-19-14-26-21-9-5-4-8-20(19)21/h2-9,12-14,22,26H,10-11,15-16H2,1H3,(H,27,28,32). The number of para-hydroxylation sites is 1. The van der Waals surface area contributed by atoms with Crippen molar-refractivity contribution >= 4 is 28.5 Å². The van der Waals surface area contributed by atoms with Gasteiger partial charge in [0.2, 0.25) is 11.8 Å². The molecule has 2 aromatic carbocycles. The minimum absolute atomic E-state index is 0.000475. The Bertz CT molecular complexity index is 1290. The fraction of sp³-hybridized carbons (Fsp3) is 0.240. The van der Waals surface area contributed by atoms with Gasteiger partial charge in [0.15, 0.2) is 5.82 Å². The van der Waals surface area contributed by atoms with Gasteiger partial charge in [-0.05, 0) is 36.1 Å². The van der Waals surface area contributed by atoms with Gasteiger partial charge in [0.25, 0.3) is 0 Å². The number of hydrogen-bond acceptors (Lipinski definition) is 3. The van der Waals surface area contributed by atoms with Crippen LogP contribution in [0.15, 0.2) is 67.0 Å². The lowest BCUT2D eigenvalue weighted by atomic mass is 10.1. The van der Waals surface area contributed by atoms with Gasteiger partial charge in [0.1, 0.15) is 6.04 Å². The van der Waals surface area contributed by atoms with E-state index in [2.05, 4.69) is 34.5 Å². The van der Waals surface area contributed by atoms with Crippen LogP contribution in [-0.4, -0.2) is 37.5 Å². The predicted molar refractivity (Wildman–Crippen MR) is 123 cm³/mol. The number of hydrogen-bond donors (Lipinski definition) is 2. The summed E-state index contributed by atoms with van der Waals surface area (Å²) in [5.74, 6) is 0.298. The van der Waals surface area contributed by atoms with Crippen molar-refractivity contribution in [3.05, 3.63) is 83.7 Å². The third-order valence-corrected chi connectivity index (χ3v) is 6.13. The van der Waals surface area contributed by atoms with E-state index >= 15 is 0 Å². The first-order valence-electron chi connectivity index (χ1n) is 10.8.